The Kier molecular flexibility index (Phi) is 2.68. The molecular weight excluding hydrogens is 246 g/mol. The first-order chi connectivity index (χ1) is 8.74. The molecule has 0 aliphatic heterocycles. The monoisotopic (exact) mass is 255 g/mol. The fourth-order valence-electron chi connectivity index (χ4n) is 1.88. The summed E-state index contributed by atoms with van der Waals surface area (Å²) < 4.78 is 0. The zero-order valence-corrected chi connectivity index (χ0v) is 10.5. The van der Waals surface area contributed by atoms with Crippen molar-refractivity contribution >= 4 is 22.5 Å². The number of halogens is 1. The number of fused-ring (bicyclic) bond motifs is 1. The molecule has 3 rings (SSSR count). The Balaban J connectivity index is 2.20. The first-order valence-electron chi connectivity index (χ1n) is 5.58. The van der Waals surface area contributed by atoms with Gasteiger partial charge in [-0.2, -0.15) is 0 Å². The number of aromatic nitrogens is 3. The molecular formula is C14H10ClN3. The molecule has 0 unspecified atom stereocenters. The highest BCUT2D eigenvalue weighted by Crippen LogP contribution is 2.24. The van der Waals surface area contributed by atoms with E-state index >= 15 is 0 Å². The van der Waals surface area contributed by atoms with Crippen LogP contribution < -0.4 is 0 Å². The van der Waals surface area contributed by atoms with Gasteiger partial charge >= 0.3 is 0 Å². The molecule has 3 aromatic rings. The average molecular weight is 256 g/mol. The van der Waals surface area contributed by atoms with Crippen molar-refractivity contribution in [1.82, 2.24) is 15.0 Å². The molecule has 0 spiro atoms. The fourth-order valence-corrected chi connectivity index (χ4v) is 2.10. The van der Waals surface area contributed by atoms with Crippen LogP contribution in [0.15, 0.2) is 42.7 Å². The van der Waals surface area contributed by atoms with E-state index in [1.54, 1.807) is 12.4 Å². The van der Waals surface area contributed by atoms with E-state index in [9.17, 15) is 0 Å². The molecule has 3 nitrogen and oxygen atoms in total. The second-order valence-corrected chi connectivity index (χ2v) is 4.41. The summed E-state index contributed by atoms with van der Waals surface area (Å²) in [6.45, 7) is 1.96. The molecule has 0 saturated carbocycles. The average Bonchev–Trinajstić information content (AvgIpc) is 2.39. The number of aryl methyl sites for hydroxylation is 1. The number of pyridine rings is 3. The Hall–Kier alpha value is -2.00. The van der Waals surface area contributed by atoms with Gasteiger partial charge in [0.05, 0.1) is 11.2 Å². The normalized spacial score (nSPS) is 10.8. The van der Waals surface area contributed by atoms with Crippen molar-refractivity contribution in [3.8, 4) is 11.3 Å². The van der Waals surface area contributed by atoms with E-state index in [-0.39, 0.29) is 0 Å². The number of rotatable bonds is 1. The lowest BCUT2D eigenvalue weighted by atomic mass is 10.1. The van der Waals surface area contributed by atoms with E-state index in [1.807, 2.05) is 37.3 Å². The number of nitrogens with zero attached hydrogens (tertiary/aromatic N) is 3. The Morgan fingerprint density at radius 3 is 2.67 bits per heavy atom. The van der Waals surface area contributed by atoms with Crippen molar-refractivity contribution in [2.75, 3.05) is 0 Å². The zero-order chi connectivity index (χ0) is 12.5. The van der Waals surface area contributed by atoms with Crippen molar-refractivity contribution in [3.63, 3.8) is 0 Å². The molecule has 18 heavy (non-hydrogen) atoms. The topological polar surface area (TPSA) is 38.7 Å². The van der Waals surface area contributed by atoms with Crippen molar-refractivity contribution in [1.29, 1.82) is 0 Å². The highest BCUT2D eigenvalue weighted by molar-refractivity contribution is 6.34. The Bertz CT molecular complexity index is 725. The Morgan fingerprint density at radius 2 is 1.83 bits per heavy atom. The summed E-state index contributed by atoms with van der Waals surface area (Å²) in [5.74, 6) is 0. The van der Waals surface area contributed by atoms with Gasteiger partial charge in [0.15, 0.2) is 0 Å². The van der Waals surface area contributed by atoms with Crippen LogP contribution in [0.5, 0.6) is 0 Å². The van der Waals surface area contributed by atoms with E-state index in [4.69, 9.17) is 11.6 Å². The maximum Gasteiger partial charge on any atom is 0.138 e. The van der Waals surface area contributed by atoms with Crippen LogP contribution in [0.1, 0.15) is 5.69 Å². The molecule has 0 aliphatic rings. The predicted molar refractivity (Wildman–Crippen MR) is 72.5 cm³/mol. The third-order valence-corrected chi connectivity index (χ3v) is 3.06. The number of hydrogen-bond donors (Lipinski definition) is 0. The van der Waals surface area contributed by atoms with E-state index < -0.39 is 0 Å². The summed E-state index contributed by atoms with van der Waals surface area (Å²) in [6, 6.07) is 9.72. The van der Waals surface area contributed by atoms with Crippen LogP contribution in [0, 0.1) is 6.92 Å². The summed E-state index contributed by atoms with van der Waals surface area (Å²) in [5, 5.41) is 1.35. The number of hydrogen-bond acceptors (Lipinski definition) is 3. The third kappa shape index (κ3) is 1.93. The third-order valence-electron chi connectivity index (χ3n) is 2.76. The van der Waals surface area contributed by atoms with Gasteiger partial charge in [0.1, 0.15) is 5.15 Å². The molecule has 4 heteroatoms. The fraction of sp³-hybridized carbons (Fsp3) is 0.0714. The molecule has 88 valence electrons. The van der Waals surface area contributed by atoms with Gasteiger partial charge in [0.2, 0.25) is 0 Å². The van der Waals surface area contributed by atoms with Gasteiger partial charge in [0.25, 0.3) is 0 Å². The van der Waals surface area contributed by atoms with E-state index in [2.05, 4.69) is 15.0 Å². The largest absolute Gasteiger partial charge is 0.262 e. The van der Waals surface area contributed by atoms with Gasteiger partial charge in [-0.1, -0.05) is 11.6 Å². The van der Waals surface area contributed by atoms with Crippen LogP contribution in [0.4, 0.5) is 0 Å². The van der Waals surface area contributed by atoms with Crippen LogP contribution in [0.3, 0.4) is 0 Å². The molecule has 3 aromatic heterocycles. The van der Waals surface area contributed by atoms with E-state index in [0.29, 0.717) is 5.15 Å². The van der Waals surface area contributed by atoms with Crippen molar-refractivity contribution in [3.05, 3.63) is 53.6 Å². The lowest BCUT2D eigenvalue weighted by Gasteiger charge is -2.04. The summed E-state index contributed by atoms with van der Waals surface area (Å²) in [4.78, 5) is 12.8. The molecule has 3 heterocycles. The predicted octanol–water partition coefficient (Wildman–Crippen LogP) is 3.65. The highest BCUT2D eigenvalue weighted by atomic mass is 35.5. The van der Waals surface area contributed by atoms with Crippen LogP contribution in [-0.2, 0) is 0 Å². The van der Waals surface area contributed by atoms with Crippen molar-refractivity contribution < 1.29 is 0 Å². The van der Waals surface area contributed by atoms with Gasteiger partial charge in [-0.05, 0) is 37.3 Å². The molecule has 0 atom stereocenters. The quantitative estimate of drug-likeness (QED) is 0.623. The minimum atomic E-state index is 0.484. The van der Waals surface area contributed by atoms with Gasteiger partial charge in [-0.3, -0.25) is 4.98 Å². The summed E-state index contributed by atoms with van der Waals surface area (Å²) in [5.41, 5.74) is 3.79. The van der Waals surface area contributed by atoms with Crippen LogP contribution in [-0.4, -0.2) is 15.0 Å². The Labute approximate surface area is 109 Å². The first kappa shape index (κ1) is 11.1. The van der Waals surface area contributed by atoms with Crippen molar-refractivity contribution in [2.45, 2.75) is 6.92 Å². The molecule has 0 amide bonds. The lowest BCUT2D eigenvalue weighted by molar-refractivity contribution is 1.20. The molecule has 0 radical (unpaired) electrons. The SMILES string of the molecule is Cc1cc(-c2ccc3c(Cl)nccc3n2)ccn1. The molecule has 0 bridgehead atoms. The molecule has 0 N–H and O–H groups in total. The van der Waals surface area contributed by atoms with Crippen LogP contribution >= 0.6 is 11.6 Å². The first-order valence-corrected chi connectivity index (χ1v) is 5.96. The molecule has 0 aromatic carbocycles. The zero-order valence-electron chi connectivity index (χ0n) is 9.76. The van der Waals surface area contributed by atoms with Gasteiger partial charge in [-0.15, -0.1) is 0 Å². The molecule has 0 aliphatic carbocycles. The van der Waals surface area contributed by atoms with Gasteiger partial charge < -0.3 is 0 Å². The second-order valence-electron chi connectivity index (χ2n) is 4.05. The Morgan fingerprint density at radius 1 is 1.00 bits per heavy atom. The van der Waals surface area contributed by atoms with Crippen LogP contribution in [0.2, 0.25) is 5.15 Å². The second kappa shape index (κ2) is 4.35. The van der Waals surface area contributed by atoms with E-state index in [1.165, 1.54) is 0 Å². The standard InChI is InChI=1S/C14H10ClN3/c1-9-8-10(4-6-16-9)12-3-2-11-13(18-12)5-7-17-14(11)15/h2-8H,1H3. The van der Waals surface area contributed by atoms with Gasteiger partial charge in [0, 0.05) is 29.0 Å². The van der Waals surface area contributed by atoms with Gasteiger partial charge in [-0.25, -0.2) is 9.97 Å². The summed E-state index contributed by atoms with van der Waals surface area (Å²) in [7, 11) is 0. The highest BCUT2D eigenvalue weighted by Gasteiger charge is 2.04. The maximum atomic E-state index is 6.02. The lowest BCUT2D eigenvalue weighted by Crippen LogP contribution is -1.88. The van der Waals surface area contributed by atoms with E-state index in [0.717, 1.165) is 27.9 Å². The van der Waals surface area contributed by atoms with Crippen LogP contribution in [0.25, 0.3) is 22.2 Å². The summed E-state index contributed by atoms with van der Waals surface area (Å²) in [6.07, 6.45) is 3.45. The maximum absolute atomic E-state index is 6.02. The smallest absolute Gasteiger partial charge is 0.138 e. The van der Waals surface area contributed by atoms with Crippen molar-refractivity contribution in [2.24, 2.45) is 0 Å². The summed E-state index contributed by atoms with van der Waals surface area (Å²) >= 11 is 6.02. The molecule has 0 fully saturated rings. The minimum absolute atomic E-state index is 0.484. The minimum Gasteiger partial charge on any atom is -0.262 e. The molecule has 0 saturated heterocycles.